The van der Waals surface area contributed by atoms with E-state index in [4.69, 9.17) is 0 Å². The van der Waals surface area contributed by atoms with Gasteiger partial charge < -0.3 is 10.6 Å². The summed E-state index contributed by atoms with van der Waals surface area (Å²) in [5.74, 6) is 2.24. The van der Waals surface area contributed by atoms with E-state index < -0.39 is 0 Å². The van der Waals surface area contributed by atoms with Crippen LogP contribution in [0.2, 0.25) is 0 Å². The highest BCUT2D eigenvalue weighted by atomic mass is 127. The van der Waals surface area contributed by atoms with E-state index in [1.807, 2.05) is 30.0 Å². The van der Waals surface area contributed by atoms with E-state index in [0.29, 0.717) is 12.5 Å². The number of halogens is 2. The van der Waals surface area contributed by atoms with Gasteiger partial charge in [-0.25, -0.2) is 0 Å². The second kappa shape index (κ2) is 7.12. The van der Waals surface area contributed by atoms with Crippen LogP contribution in [0.3, 0.4) is 0 Å². The van der Waals surface area contributed by atoms with Gasteiger partial charge >= 0.3 is 0 Å². The van der Waals surface area contributed by atoms with Crippen molar-refractivity contribution in [1.82, 2.24) is 5.32 Å². The molecular formula is C12H14BrIN2OS. The molecule has 1 fully saturated rings. The summed E-state index contributed by atoms with van der Waals surface area (Å²) in [5, 5.41) is 6.31. The Balaban J connectivity index is 1.88. The topological polar surface area (TPSA) is 41.1 Å². The van der Waals surface area contributed by atoms with Crippen LogP contribution in [0, 0.1) is 3.57 Å². The van der Waals surface area contributed by atoms with Crippen molar-refractivity contribution in [2.24, 2.45) is 0 Å². The van der Waals surface area contributed by atoms with Crippen molar-refractivity contribution < 1.29 is 4.79 Å². The zero-order valence-electron chi connectivity index (χ0n) is 9.71. The van der Waals surface area contributed by atoms with Crippen LogP contribution in [0.25, 0.3) is 0 Å². The standard InChI is InChI=1S/C12H14BrIN2OS/c13-10-2-1-8(5-11(10)14)16-12(17)6-9-7-18-4-3-15-9/h1-2,5,9,15H,3-4,6-7H2,(H,16,17). The lowest BCUT2D eigenvalue weighted by molar-refractivity contribution is -0.116. The number of thioether (sulfide) groups is 1. The van der Waals surface area contributed by atoms with Crippen molar-refractivity contribution in [3.05, 3.63) is 26.2 Å². The van der Waals surface area contributed by atoms with Crippen LogP contribution >= 0.6 is 50.3 Å². The summed E-state index contributed by atoms with van der Waals surface area (Å²) in [7, 11) is 0. The first-order valence-electron chi connectivity index (χ1n) is 5.71. The van der Waals surface area contributed by atoms with Gasteiger partial charge in [-0.1, -0.05) is 0 Å². The van der Waals surface area contributed by atoms with E-state index in [1.54, 1.807) is 0 Å². The van der Waals surface area contributed by atoms with Gasteiger partial charge in [0.25, 0.3) is 0 Å². The Bertz CT molecular complexity index is 438. The monoisotopic (exact) mass is 440 g/mol. The van der Waals surface area contributed by atoms with E-state index in [2.05, 4.69) is 49.2 Å². The first-order chi connectivity index (χ1) is 8.65. The van der Waals surface area contributed by atoms with Crippen molar-refractivity contribution in [2.75, 3.05) is 23.4 Å². The van der Waals surface area contributed by atoms with Crippen molar-refractivity contribution >= 4 is 61.9 Å². The maximum Gasteiger partial charge on any atom is 0.225 e. The molecule has 0 bridgehead atoms. The normalized spacial score (nSPS) is 19.6. The lowest BCUT2D eigenvalue weighted by atomic mass is 10.2. The SMILES string of the molecule is O=C(CC1CSCCN1)Nc1ccc(Br)c(I)c1. The fraction of sp³-hybridized carbons (Fsp3) is 0.417. The average molecular weight is 441 g/mol. The highest BCUT2D eigenvalue weighted by Gasteiger charge is 2.16. The molecule has 1 atom stereocenters. The number of amides is 1. The van der Waals surface area contributed by atoms with E-state index in [-0.39, 0.29) is 5.91 Å². The zero-order valence-corrected chi connectivity index (χ0v) is 14.3. The highest BCUT2D eigenvalue weighted by Crippen LogP contribution is 2.22. The maximum absolute atomic E-state index is 11.9. The van der Waals surface area contributed by atoms with Gasteiger partial charge in [-0.05, 0) is 56.7 Å². The molecule has 0 aromatic heterocycles. The van der Waals surface area contributed by atoms with Gasteiger partial charge in [-0.2, -0.15) is 11.8 Å². The largest absolute Gasteiger partial charge is 0.326 e. The fourth-order valence-electron chi connectivity index (χ4n) is 1.76. The number of nitrogens with one attached hydrogen (secondary N) is 2. The van der Waals surface area contributed by atoms with E-state index in [9.17, 15) is 4.79 Å². The van der Waals surface area contributed by atoms with Crippen molar-refractivity contribution in [3.8, 4) is 0 Å². The Morgan fingerprint density at radius 1 is 1.61 bits per heavy atom. The fourth-order valence-corrected chi connectivity index (χ4v) is 3.47. The Morgan fingerprint density at radius 3 is 3.11 bits per heavy atom. The minimum atomic E-state index is 0.0770. The smallest absolute Gasteiger partial charge is 0.225 e. The molecule has 1 aliphatic heterocycles. The first-order valence-corrected chi connectivity index (χ1v) is 8.74. The third-order valence-corrected chi connectivity index (χ3v) is 6.09. The summed E-state index contributed by atoms with van der Waals surface area (Å²) in [6.45, 7) is 0.999. The Hall–Kier alpha value is 0.210. The zero-order chi connectivity index (χ0) is 13.0. The molecule has 0 spiro atoms. The molecule has 3 nitrogen and oxygen atoms in total. The molecule has 18 heavy (non-hydrogen) atoms. The van der Waals surface area contributed by atoms with Gasteiger partial charge in [-0.3, -0.25) is 4.79 Å². The Morgan fingerprint density at radius 2 is 2.44 bits per heavy atom. The number of hydrogen-bond donors (Lipinski definition) is 2. The van der Waals surface area contributed by atoms with Crippen LogP contribution in [0.4, 0.5) is 5.69 Å². The van der Waals surface area contributed by atoms with E-state index in [1.165, 1.54) is 0 Å². The second-order valence-electron chi connectivity index (χ2n) is 4.11. The van der Waals surface area contributed by atoms with Crippen LogP contribution in [-0.2, 0) is 4.79 Å². The average Bonchev–Trinajstić information content (AvgIpc) is 2.35. The molecule has 1 saturated heterocycles. The predicted octanol–water partition coefficient (Wildman–Crippen LogP) is 3.09. The highest BCUT2D eigenvalue weighted by molar-refractivity contribution is 14.1. The molecule has 98 valence electrons. The molecule has 0 radical (unpaired) electrons. The summed E-state index contributed by atoms with van der Waals surface area (Å²) >= 11 is 7.59. The van der Waals surface area contributed by atoms with Crippen LogP contribution in [-0.4, -0.2) is 30.0 Å². The number of carbonyl (C=O) groups excluding carboxylic acids is 1. The van der Waals surface area contributed by atoms with Gasteiger partial charge in [0.2, 0.25) is 5.91 Å². The molecular weight excluding hydrogens is 427 g/mol. The van der Waals surface area contributed by atoms with E-state index >= 15 is 0 Å². The lowest BCUT2D eigenvalue weighted by Gasteiger charge is -2.22. The summed E-state index contributed by atoms with van der Waals surface area (Å²) in [5.41, 5.74) is 0.857. The molecule has 0 aliphatic carbocycles. The summed E-state index contributed by atoms with van der Waals surface area (Å²) in [6, 6.07) is 6.13. The molecule has 1 aliphatic rings. The number of benzene rings is 1. The summed E-state index contributed by atoms with van der Waals surface area (Å²) in [4.78, 5) is 11.9. The summed E-state index contributed by atoms with van der Waals surface area (Å²) < 4.78 is 2.14. The number of rotatable bonds is 3. The number of carbonyl (C=O) groups is 1. The molecule has 2 N–H and O–H groups in total. The van der Waals surface area contributed by atoms with Crippen molar-refractivity contribution in [3.63, 3.8) is 0 Å². The second-order valence-corrected chi connectivity index (χ2v) is 7.27. The maximum atomic E-state index is 11.9. The minimum Gasteiger partial charge on any atom is -0.326 e. The first kappa shape index (κ1) is 14.6. The molecule has 1 amide bonds. The molecule has 0 saturated carbocycles. The quantitative estimate of drug-likeness (QED) is 0.709. The van der Waals surface area contributed by atoms with Gasteiger partial charge in [0.05, 0.1) is 0 Å². The Kier molecular flexibility index (Phi) is 5.78. The number of hydrogen-bond acceptors (Lipinski definition) is 3. The molecule has 6 heteroatoms. The Labute approximate surface area is 133 Å². The van der Waals surface area contributed by atoms with Crippen molar-refractivity contribution in [1.29, 1.82) is 0 Å². The molecule has 1 aromatic carbocycles. The molecule has 2 rings (SSSR count). The summed E-state index contributed by atoms with van der Waals surface area (Å²) in [6.07, 6.45) is 0.541. The van der Waals surface area contributed by atoms with Gasteiger partial charge in [0.1, 0.15) is 0 Å². The molecule has 1 heterocycles. The minimum absolute atomic E-state index is 0.0770. The molecule has 1 unspecified atom stereocenters. The molecule has 1 aromatic rings. The third kappa shape index (κ3) is 4.40. The van der Waals surface area contributed by atoms with Crippen LogP contribution in [0.1, 0.15) is 6.42 Å². The van der Waals surface area contributed by atoms with Crippen LogP contribution in [0.5, 0.6) is 0 Å². The predicted molar refractivity (Wildman–Crippen MR) is 89.2 cm³/mol. The van der Waals surface area contributed by atoms with Crippen LogP contribution in [0.15, 0.2) is 22.7 Å². The third-order valence-electron chi connectivity index (χ3n) is 2.63. The van der Waals surface area contributed by atoms with Crippen LogP contribution < -0.4 is 10.6 Å². The lowest BCUT2D eigenvalue weighted by Crippen LogP contribution is -2.39. The van der Waals surface area contributed by atoms with Gasteiger partial charge in [0, 0.05) is 44.2 Å². The van der Waals surface area contributed by atoms with Crippen molar-refractivity contribution in [2.45, 2.75) is 12.5 Å². The van der Waals surface area contributed by atoms with Gasteiger partial charge in [0.15, 0.2) is 0 Å². The number of anilines is 1. The van der Waals surface area contributed by atoms with Gasteiger partial charge in [-0.15, -0.1) is 0 Å². The van der Waals surface area contributed by atoms with E-state index in [0.717, 1.165) is 31.8 Å².